The lowest BCUT2D eigenvalue weighted by Gasteiger charge is -2.00. The summed E-state index contributed by atoms with van der Waals surface area (Å²) in [6.45, 7) is 0.609. The molecule has 0 bridgehead atoms. The van der Waals surface area contributed by atoms with Crippen molar-refractivity contribution in [2.45, 2.75) is 11.4 Å². The molecule has 0 radical (unpaired) electrons. The van der Waals surface area contributed by atoms with Crippen molar-refractivity contribution in [1.29, 1.82) is 0 Å². The second-order valence-corrected chi connectivity index (χ2v) is 3.24. The maximum absolute atomic E-state index is 5.49. The van der Waals surface area contributed by atoms with Crippen molar-refractivity contribution in [3.8, 4) is 0 Å². The molecule has 0 unspecified atom stereocenters. The molecule has 0 atom stereocenters. The quantitative estimate of drug-likeness (QED) is 0.669. The van der Waals surface area contributed by atoms with Gasteiger partial charge in [0.25, 0.3) is 0 Å². The van der Waals surface area contributed by atoms with E-state index in [-0.39, 0.29) is 0 Å². The third-order valence-electron chi connectivity index (χ3n) is 1.35. The van der Waals surface area contributed by atoms with Gasteiger partial charge < -0.3 is 5.73 Å². The predicted octanol–water partition coefficient (Wildman–Crippen LogP) is 1.37. The summed E-state index contributed by atoms with van der Waals surface area (Å²) in [6, 6.07) is 8.18. The lowest BCUT2D eigenvalue weighted by molar-refractivity contribution is 1.06. The average molecular weight is 168 g/mol. The summed E-state index contributed by atoms with van der Waals surface area (Å²) in [5.74, 6) is 0. The summed E-state index contributed by atoms with van der Waals surface area (Å²) >= 11 is 1.60. The van der Waals surface area contributed by atoms with Crippen LogP contribution in [0.25, 0.3) is 0 Å². The molecule has 0 amide bonds. The van der Waals surface area contributed by atoms with Crippen LogP contribution in [0.2, 0.25) is 0 Å². The van der Waals surface area contributed by atoms with Crippen LogP contribution in [0.1, 0.15) is 5.56 Å². The highest BCUT2D eigenvalue weighted by Crippen LogP contribution is 2.14. The number of rotatable bonds is 3. The highest BCUT2D eigenvalue weighted by atomic mass is 32.2. The van der Waals surface area contributed by atoms with E-state index in [1.807, 2.05) is 19.2 Å². The van der Waals surface area contributed by atoms with Gasteiger partial charge in [-0.15, -0.1) is 0 Å². The highest BCUT2D eigenvalue weighted by molar-refractivity contribution is 7.97. The van der Waals surface area contributed by atoms with Gasteiger partial charge in [0, 0.05) is 11.4 Å². The molecule has 1 aromatic carbocycles. The Morgan fingerprint density at radius 2 is 2.36 bits per heavy atom. The van der Waals surface area contributed by atoms with E-state index in [2.05, 4.69) is 16.9 Å². The molecule has 0 spiro atoms. The molecule has 60 valence electrons. The van der Waals surface area contributed by atoms with Gasteiger partial charge in [0.1, 0.15) is 0 Å². The Bertz CT molecular complexity index is 225. The highest BCUT2D eigenvalue weighted by Gasteiger charge is 1.92. The SMILES string of the molecule is CNSc1cccc(CN)c1. The number of benzene rings is 1. The van der Waals surface area contributed by atoms with Crippen LogP contribution in [0.3, 0.4) is 0 Å². The van der Waals surface area contributed by atoms with Crippen LogP contribution >= 0.6 is 11.9 Å². The first-order chi connectivity index (χ1) is 5.36. The van der Waals surface area contributed by atoms with Gasteiger partial charge >= 0.3 is 0 Å². The van der Waals surface area contributed by atoms with Crippen LogP contribution in [0.4, 0.5) is 0 Å². The first-order valence-corrected chi connectivity index (χ1v) is 4.31. The molecule has 0 aliphatic rings. The second kappa shape index (κ2) is 4.38. The van der Waals surface area contributed by atoms with Gasteiger partial charge in [0.05, 0.1) is 0 Å². The number of nitrogens with two attached hydrogens (primary N) is 1. The summed E-state index contributed by atoms with van der Waals surface area (Å²) < 4.78 is 3.01. The van der Waals surface area contributed by atoms with Gasteiger partial charge in [-0.3, -0.25) is 4.72 Å². The molecule has 3 N–H and O–H groups in total. The van der Waals surface area contributed by atoms with Crippen molar-refractivity contribution in [3.05, 3.63) is 29.8 Å². The molecule has 1 aromatic rings. The molecule has 0 fully saturated rings. The summed E-state index contributed by atoms with van der Waals surface area (Å²) in [7, 11) is 1.90. The molecule has 1 rings (SSSR count). The fraction of sp³-hybridized carbons (Fsp3) is 0.250. The van der Waals surface area contributed by atoms with E-state index in [0.717, 1.165) is 0 Å². The number of hydrogen-bond donors (Lipinski definition) is 2. The Balaban J connectivity index is 2.74. The molecular formula is C8H12N2S. The standard InChI is InChI=1S/C8H12N2S/c1-10-11-8-4-2-3-7(5-8)6-9/h2-5,10H,6,9H2,1H3. The van der Waals surface area contributed by atoms with E-state index in [4.69, 9.17) is 5.73 Å². The maximum atomic E-state index is 5.49. The van der Waals surface area contributed by atoms with E-state index >= 15 is 0 Å². The molecule has 3 heteroatoms. The molecule has 11 heavy (non-hydrogen) atoms. The Labute approximate surface area is 71.3 Å². The Kier molecular flexibility index (Phi) is 3.42. The van der Waals surface area contributed by atoms with Crippen molar-refractivity contribution >= 4 is 11.9 Å². The van der Waals surface area contributed by atoms with E-state index in [1.165, 1.54) is 10.5 Å². The predicted molar refractivity (Wildman–Crippen MR) is 49.3 cm³/mol. The lowest BCUT2D eigenvalue weighted by atomic mass is 10.2. The van der Waals surface area contributed by atoms with Gasteiger partial charge in [0.2, 0.25) is 0 Å². The normalized spacial score (nSPS) is 10.0. The first kappa shape index (κ1) is 8.59. The summed E-state index contributed by atoms with van der Waals surface area (Å²) in [4.78, 5) is 1.20. The van der Waals surface area contributed by atoms with Gasteiger partial charge in [0.15, 0.2) is 0 Å². The summed E-state index contributed by atoms with van der Waals surface area (Å²) in [5.41, 5.74) is 6.66. The minimum absolute atomic E-state index is 0.609. The molecule has 0 saturated carbocycles. The van der Waals surface area contributed by atoms with Crippen molar-refractivity contribution in [2.24, 2.45) is 5.73 Å². The van der Waals surface area contributed by atoms with E-state index in [9.17, 15) is 0 Å². The molecule has 0 aliphatic heterocycles. The average Bonchev–Trinajstić information content (AvgIpc) is 2.06. The molecule has 2 nitrogen and oxygen atoms in total. The van der Waals surface area contributed by atoms with Crippen molar-refractivity contribution in [2.75, 3.05) is 7.05 Å². The van der Waals surface area contributed by atoms with Crippen molar-refractivity contribution in [3.63, 3.8) is 0 Å². The fourth-order valence-corrected chi connectivity index (χ4v) is 1.45. The van der Waals surface area contributed by atoms with Crippen LogP contribution in [0, 0.1) is 0 Å². The zero-order valence-electron chi connectivity index (χ0n) is 6.50. The van der Waals surface area contributed by atoms with Crippen LogP contribution in [-0.4, -0.2) is 7.05 Å². The number of nitrogens with one attached hydrogen (secondary N) is 1. The minimum atomic E-state index is 0.609. The monoisotopic (exact) mass is 168 g/mol. The van der Waals surface area contributed by atoms with E-state index in [1.54, 1.807) is 11.9 Å². The van der Waals surface area contributed by atoms with Crippen LogP contribution < -0.4 is 10.5 Å². The molecule has 0 aliphatic carbocycles. The van der Waals surface area contributed by atoms with E-state index in [0.29, 0.717) is 6.54 Å². The zero-order valence-corrected chi connectivity index (χ0v) is 7.32. The van der Waals surface area contributed by atoms with E-state index < -0.39 is 0 Å². The van der Waals surface area contributed by atoms with Gasteiger partial charge in [-0.05, 0) is 36.7 Å². The summed E-state index contributed by atoms with van der Waals surface area (Å²) in [5, 5.41) is 0. The third-order valence-corrected chi connectivity index (χ3v) is 2.05. The van der Waals surface area contributed by atoms with Gasteiger partial charge in [-0.25, -0.2) is 0 Å². The molecular weight excluding hydrogens is 156 g/mol. The molecule has 0 saturated heterocycles. The third kappa shape index (κ3) is 2.54. The van der Waals surface area contributed by atoms with Gasteiger partial charge in [-0.1, -0.05) is 12.1 Å². The zero-order chi connectivity index (χ0) is 8.10. The smallest absolute Gasteiger partial charge is 0.0231 e. The largest absolute Gasteiger partial charge is 0.326 e. The van der Waals surface area contributed by atoms with Crippen LogP contribution in [0.15, 0.2) is 29.2 Å². The van der Waals surface area contributed by atoms with Crippen molar-refractivity contribution < 1.29 is 0 Å². The fourth-order valence-electron chi connectivity index (χ4n) is 0.854. The molecule has 0 heterocycles. The van der Waals surface area contributed by atoms with Crippen LogP contribution in [-0.2, 0) is 6.54 Å². The Hall–Kier alpha value is -0.510. The number of hydrogen-bond acceptors (Lipinski definition) is 3. The maximum Gasteiger partial charge on any atom is 0.0231 e. The van der Waals surface area contributed by atoms with Gasteiger partial charge in [-0.2, -0.15) is 0 Å². The second-order valence-electron chi connectivity index (χ2n) is 2.16. The lowest BCUT2D eigenvalue weighted by Crippen LogP contribution is -1.96. The first-order valence-electron chi connectivity index (χ1n) is 3.49. The Morgan fingerprint density at radius 1 is 1.55 bits per heavy atom. The minimum Gasteiger partial charge on any atom is -0.326 e. The molecule has 0 aromatic heterocycles. The Morgan fingerprint density at radius 3 is 3.00 bits per heavy atom. The van der Waals surface area contributed by atoms with Crippen molar-refractivity contribution in [1.82, 2.24) is 4.72 Å². The van der Waals surface area contributed by atoms with Crippen LogP contribution in [0.5, 0.6) is 0 Å². The topological polar surface area (TPSA) is 38.0 Å². The summed E-state index contributed by atoms with van der Waals surface area (Å²) in [6.07, 6.45) is 0.